The SMILES string of the molecule is COc1ccccc1-c1cn(COCC[Si](C)(C)C)c2ncc(B3OC(C)(C)C(C)(C)O3)c(Cl)c12. The molecule has 0 N–H and O–H groups in total. The number of pyridine rings is 1. The van der Waals surface area contributed by atoms with Crippen LogP contribution in [-0.2, 0) is 20.8 Å². The zero-order chi connectivity index (χ0) is 25.6. The van der Waals surface area contributed by atoms with Gasteiger partial charge in [-0.05, 0) is 39.8 Å². The Hall–Kier alpha value is -1.84. The molecule has 2 aromatic heterocycles. The van der Waals surface area contributed by atoms with Crippen LogP contribution in [0.3, 0.4) is 0 Å². The Balaban J connectivity index is 1.79. The van der Waals surface area contributed by atoms with Gasteiger partial charge < -0.3 is 23.3 Å². The summed E-state index contributed by atoms with van der Waals surface area (Å²) in [4.78, 5) is 4.82. The molecule has 0 atom stereocenters. The highest BCUT2D eigenvalue weighted by Crippen LogP contribution is 2.41. The molecule has 35 heavy (non-hydrogen) atoms. The van der Waals surface area contributed by atoms with Crippen LogP contribution in [0.25, 0.3) is 22.2 Å². The molecule has 1 aliphatic heterocycles. The minimum absolute atomic E-state index is 0.398. The normalized spacial score (nSPS) is 17.3. The molecule has 1 aliphatic rings. The molecule has 1 aromatic carbocycles. The van der Waals surface area contributed by atoms with Crippen molar-refractivity contribution in [2.75, 3.05) is 13.7 Å². The molecule has 0 spiro atoms. The van der Waals surface area contributed by atoms with Crippen LogP contribution in [0.2, 0.25) is 30.7 Å². The smallest absolute Gasteiger partial charge is 0.496 e. The molecule has 3 heterocycles. The number of benzene rings is 1. The molecule has 0 aliphatic carbocycles. The number of methoxy groups -OCH3 is 1. The second kappa shape index (κ2) is 9.56. The first-order valence-electron chi connectivity index (χ1n) is 12.1. The first-order valence-corrected chi connectivity index (χ1v) is 16.2. The monoisotopic (exact) mass is 514 g/mol. The van der Waals surface area contributed by atoms with Gasteiger partial charge in [0.15, 0.2) is 0 Å². The summed E-state index contributed by atoms with van der Waals surface area (Å²) in [5.41, 5.74) is 2.39. The van der Waals surface area contributed by atoms with Gasteiger partial charge in [0, 0.05) is 49.1 Å². The fraction of sp³-hybridized carbons (Fsp3) is 0.500. The number of halogens is 1. The Morgan fingerprint density at radius 1 is 1.06 bits per heavy atom. The molecule has 3 aromatic rings. The molecule has 188 valence electrons. The molecular formula is C26H36BClN2O4Si. The first kappa shape index (κ1) is 26.2. The van der Waals surface area contributed by atoms with Gasteiger partial charge in [0.1, 0.15) is 18.1 Å². The van der Waals surface area contributed by atoms with Crippen molar-refractivity contribution >= 4 is 43.3 Å². The quantitative estimate of drug-likeness (QED) is 0.273. The molecule has 4 rings (SSSR count). The largest absolute Gasteiger partial charge is 0.497 e. The van der Waals surface area contributed by atoms with Crippen LogP contribution >= 0.6 is 11.6 Å². The lowest BCUT2D eigenvalue weighted by molar-refractivity contribution is 0.00578. The predicted molar refractivity (Wildman–Crippen MR) is 147 cm³/mol. The van der Waals surface area contributed by atoms with E-state index in [0.717, 1.165) is 40.6 Å². The number of hydrogen-bond donors (Lipinski definition) is 0. The van der Waals surface area contributed by atoms with E-state index in [4.69, 9.17) is 35.4 Å². The molecule has 0 radical (unpaired) electrons. The minimum atomic E-state index is -1.18. The highest BCUT2D eigenvalue weighted by molar-refractivity contribution is 6.76. The number of para-hydroxylation sites is 1. The molecule has 0 saturated carbocycles. The van der Waals surface area contributed by atoms with E-state index in [9.17, 15) is 0 Å². The minimum Gasteiger partial charge on any atom is -0.496 e. The molecule has 0 unspecified atom stereocenters. The van der Waals surface area contributed by atoms with Crippen molar-refractivity contribution in [2.45, 2.75) is 71.3 Å². The predicted octanol–water partition coefficient (Wildman–Crippen LogP) is 5.98. The summed E-state index contributed by atoms with van der Waals surface area (Å²) < 4.78 is 26.3. The van der Waals surface area contributed by atoms with Gasteiger partial charge in [-0.15, -0.1) is 0 Å². The second-order valence-corrected chi connectivity index (χ2v) is 17.4. The Morgan fingerprint density at radius 3 is 2.34 bits per heavy atom. The highest BCUT2D eigenvalue weighted by Gasteiger charge is 2.52. The highest BCUT2D eigenvalue weighted by atomic mass is 35.5. The van der Waals surface area contributed by atoms with Crippen molar-refractivity contribution in [3.8, 4) is 16.9 Å². The number of aromatic nitrogens is 2. The summed E-state index contributed by atoms with van der Waals surface area (Å²) in [6, 6.07) is 9.03. The summed E-state index contributed by atoms with van der Waals surface area (Å²) in [5, 5.41) is 1.40. The summed E-state index contributed by atoms with van der Waals surface area (Å²) in [7, 11) is -0.111. The van der Waals surface area contributed by atoms with Gasteiger partial charge in [-0.2, -0.15) is 0 Å². The fourth-order valence-electron chi connectivity index (χ4n) is 4.08. The molecule has 9 heteroatoms. The summed E-state index contributed by atoms with van der Waals surface area (Å²) in [6.07, 6.45) is 3.81. The van der Waals surface area contributed by atoms with Crippen molar-refractivity contribution in [2.24, 2.45) is 0 Å². The number of nitrogens with zero attached hydrogens (tertiary/aromatic N) is 2. The van der Waals surface area contributed by atoms with Gasteiger partial charge in [0.2, 0.25) is 0 Å². The van der Waals surface area contributed by atoms with E-state index >= 15 is 0 Å². The van der Waals surface area contributed by atoms with E-state index in [0.29, 0.717) is 17.2 Å². The maximum absolute atomic E-state index is 7.10. The molecule has 1 saturated heterocycles. The maximum Gasteiger partial charge on any atom is 0.497 e. The van der Waals surface area contributed by atoms with Crippen LogP contribution in [-0.4, -0.2) is 49.7 Å². The lowest BCUT2D eigenvalue weighted by Gasteiger charge is -2.32. The van der Waals surface area contributed by atoms with Gasteiger partial charge in [0.25, 0.3) is 0 Å². The van der Waals surface area contributed by atoms with Gasteiger partial charge in [-0.25, -0.2) is 4.98 Å². The number of hydrogen-bond acceptors (Lipinski definition) is 5. The van der Waals surface area contributed by atoms with Crippen molar-refractivity contribution in [3.05, 3.63) is 41.7 Å². The van der Waals surface area contributed by atoms with Gasteiger partial charge in [0.05, 0.1) is 23.3 Å². The third-order valence-electron chi connectivity index (χ3n) is 6.98. The van der Waals surface area contributed by atoms with E-state index < -0.39 is 26.4 Å². The third kappa shape index (κ3) is 5.18. The second-order valence-electron chi connectivity index (χ2n) is 11.4. The number of rotatable bonds is 8. The average Bonchev–Trinajstić information content (AvgIpc) is 3.24. The molecular weight excluding hydrogens is 479 g/mol. The lowest BCUT2D eigenvalue weighted by Crippen LogP contribution is -2.41. The van der Waals surface area contributed by atoms with Gasteiger partial charge in [-0.1, -0.05) is 49.4 Å². The average molecular weight is 515 g/mol. The third-order valence-corrected chi connectivity index (χ3v) is 9.09. The first-order chi connectivity index (χ1) is 16.3. The molecule has 1 fully saturated rings. The van der Waals surface area contributed by atoms with Crippen LogP contribution in [0.15, 0.2) is 36.7 Å². The summed E-state index contributed by atoms with van der Waals surface area (Å²) >= 11 is 7.10. The van der Waals surface area contributed by atoms with Crippen LogP contribution in [0.4, 0.5) is 0 Å². The topological polar surface area (TPSA) is 54.7 Å². The van der Waals surface area contributed by atoms with E-state index in [1.54, 1.807) is 13.3 Å². The molecule has 0 amide bonds. The number of fused-ring (bicyclic) bond motifs is 1. The van der Waals surface area contributed by atoms with Crippen LogP contribution in [0.5, 0.6) is 5.75 Å². The molecule has 0 bridgehead atoms. The van der Waals surface area contributed by atoms with E-state index in [1.165, 1.54) is 0 Å². The fourth-order valence-corrected chi connectivity index (χ4v) is 5.16. The van der Waals surface area contributed by atoms with Crippen molar-refractivity contribution < 1.29 is 18.8 Å². The van der Waals surface area contributed by atoms with Crippen molar-refractivity contribution in [1.29, 1.82) is 0 Å². The van der Waals surface area contributed by atoms with Crippen LogP contribution < -0.4 is 10.2 Å². The van der Waals surface area contributed by atoms with Crippen molar-refractivity contribution in [1.82, 2.24) is 9.55 Å². The van der Waals surface area contributed by atoms with E-state index in [2.05, 4.69) is 19.6 Å². The van der Waals surface area contributed by atoms with E-state index in [1.807, 2.05) is 62.7 Å². The lowest BCUT2D eigenvalue weighted by atomic mass is 9.79. The number of ether oxygens (including phenoxy) is 2. The Kier molecular flexibility index (Phi) is 7.16. The Bertz CT molecular complexity index is 1210. The summed E-state index contributed by atoms with van der Waals surface area (Å²) in [5.74, 6) is 0.767. The zero-order valence-electron chi connectivity index (χ0n) is 22.1. The maximum atomic E-state index is 7.10. The summed E-state index contributed by atoms with van der Waals surface area (Å²) in [6.45, 7) is 16.3. The van der Waals surface area contributed by atoms with Crippen LogP contribution in [0, 0.1) is 0 Å². The van der Waals surface area contributed by atoms with Gasteiger partial charge >= 0.3 is 7.12 Å². The van der Waals surface area contributed by atoms with Crippen LogP contribution in [0.1, 0.15) is 27.7 Å². The Morgan fingerprint density at radius 2 is 1.71 bits per heavy atom. The standard InChI is InChI=1S/C26H36BClN2O4Si/c1-25(2)26(3,4)34-27(33-25)20-15-29-24-22(23(20)28)19(18-11-9-10-12-21(18)31-5)16-30(24)17-32-13-14-35(6,7)8/h9-12,15-16H,13-14,17H2,1-8H3. The van der Waals surface area contributed by atoms with Gasteiger partial charge in [-0.3, -0.25) is 0 Å². The zero-order valence-corrected chi connectivity index (χ0v) is 23.8. The van der Waals surface area contributed by atoms with Crippen molar-refractivity contribution in [3.63, 3.8) is 0 Å². The molecule has 6 nitrogen and oxygen atoms in total. The Labute approximate surface area is 215 Å². The van der Waals surface area contributed by atoms with E-state index in [-0.39, 0.29) is 0 Å².